The molecule has 0 spiro atoms. The maximum Gasteiger partial charge on any atom is 0.229 e. The van der Waals surface area contributed by atoms with Gasteiger partial charge >= 0.3 is 0 Å². The van der Waals surface area contributed by atoms with Gasteiger partial charge in [-0.05, 0) is 26.3 Å². The molecule has 4 nitrogen and oxygen atoms in total. The molecule has 0 saturated carbocycles. The van der Waals surface area contributed by atoms with Crippen LogP contribution in [0.3, 0.4) is 0 Å². The number of sulfone groups is 1. The molecule has 1 fully saturated rings. The second kappa shape index (κ2) is 6.77. The van der Waals surface area contributed by atoms with Crippen LogP contribution in [0.2, 0.25) is 0 Å². The van der Waals surface area contributed by atoms with Crippen LogP contribution >= 0.6 is 11.6 Å². The minimum atomic E-state index is -3.52. The van der Waals surface area contributed by atoms with Crippen molar-refractivity contribution >= 4 is 27.3 Å². The third-order valence-electron chi connectivity index (χ3n) is 4.19. The lowest BCUT2D eigenvalue weighted by atomic mass is 9.94. The Hall–Kier alpha value is -1.14. The predicted molar refractivity (Wildman–Crippen MR) is 88.6 cm³/mol. The molecule has 0 aromatic heterocycles. The Morgan fingerprint density at radius 3 is 2.61 bits per heavy atom. The molecule has 0 radical (unpaired) electrons. The van der Waals surface area contributed by atoms with Gasteiger partial charge in [0, 0.05) is 24.5 Å². The fourth-order valence-electron chi connectivity index (χ4n) is 2.72. The van der Waals surface area contributed by atoms with Crippen LogP contribution in [-0.4, -0.2) is 43.9 Å². The van der Waals surface area contributed by atoms with E-state index in [1.807, 2.05) is 0 Å². The zero-order chi connectivity index (χ0) is 17.3. The SMILES string of the molecule is CC(C)(CCl)C(=O)N1CCC(c2ccccc2F)S(=O)(=O)CC1. The quantitative estimate of drug-likeness (QED) is 0.778. The van der Waals surface area contributed by atoms with E-state index in [-0.39, 0.29) is 42.6 Å². The molecular weight excluding hydrogens is 341 g/mol. The van der Waals surface area contributed by atoms with Crippen molar-refractivity contribution in [2.75, 3.05) is 24.7 Å². The fraction of sp³-hybridized carbons (Fsp3) is 0.562. The summed E-state index contributed by atoms with van der Waals surface area (Å²) >= 11 is 5.83. The third kappa shape index (κ3) is 3.86. The monoisotopic (exact) mass is 361 g/mol. The maximum absolute atomic E-state index is 14.0. The topological polar surface area (TPSA) is 54.5 Å². The number of carbonyl (C=O) groups is 1. The zero-order valence-electron chi connectivity index (χ0n) is 13.3. The van der Waals surface area contributed by atoms with Gasteiger partial charge in [0.15, 0.2) is 9.84 Å². The number of alkyl halides is 1. The van der Waals surface area contributed by atoms with Gasteiger partial charge in [0.2, 0.25) is 5.91 Å². The first-order chi connectivity index (χ1) is 10.7. The van der Waals surface area contributed by atoms with E-state index < -0.39 is 26.3 Å². The standard InChI is InChI=1S/C16H21ClFNO3S/c1-16(2,11-17)15(20)19-8-7-14(23(21,22)10-9-19)12-5-3-4-6-13(12)18/h3-6,14H,7-11H2,1-2H3. The Labute approximate surface area is 141 Å². The first kappa shape index (κ1) is 18.2. The lowest BCUT2D eigenvalue weighted by Crippen LogP contribution is -2.43. The van der Waals surface area contributed by atoms with E-state index in [9.17, 15) is 17.6 Å². The lowest BCUT2D eigenvalue weighted by molar-refractivity contribution is -0.139. The second-order valence-electron chi connectivity index (χ2n) is 6.48. The van der Waals surface area contributed by atoms with Crippen LogP contribution in [0.5, 0.6) is 0 Å². The lowest BCUT2D eigenvalue weighted by Gasteiger charge is -2.29. The highest BCUT2D eigenvalue weighted by molar-refractivity contribution is 7.91. The Balaban J connectivity index is 2.27. The Kier molecular flexibility index (Phi) is 5.36. The molecule has 1 aliphatic heterocycles. The summed E-state index contributed by atoms with van der Waals surface area (Å²) < 4.78 is 39.0. The summed E-state index contributed by atoms with van der Waals surface area (Å²) in [7, 11) is -3.52. The molecule has 1 amide bonds. The summed E-state index contributed by atoms with van der Waals surface area (Å²) in [6.07, 6.45) is 0.188. The molecule has 1 aliphatic rings. The van der Waals surface area contributed by atoms with Crippen LogP contribution in [0.1, 0.15) is 31.1 Å². The molecule has 1 heterocycles. The van der Waals surface area contributed by atoms with Crippen molar-refractivity contribution in [2.24, 2.45) is 5.41 Å². The van der Waals surface area contributed by atoms with Gasteiger partial charge in [-0.1, -0.05) is 18.2 Å². The molecule has 0 bridgehead atoms. The third-order valence-corrected chi connectivity index (χ3v) is 6.97. The summed E-state index contributed by atoms with van der Waals surface area (Å²) in [5.41, 5.74) is -0.568. The summed E-state index contributed by atoms with van der Waals surface area (Å²) in [6, 6.07) is 5.91. The molecule has 0 aliphatic carbocycles. The Morgan fingerprint density at radius 1 is 1.35 bits per heavy atom. The predicted octanol–water partition coefficient (Wildman–Crippen LogP) is 2.78. The van der Waals surface area contributed by atoms with Gasteiger partial charge in [0.1, 0.15) is 5.82 Å². The van der Waals surface area contributed by atoms with Crippen molar-refractivity contribution in [1.29, 1.82) is 0 Å². The normalized spacial score (nSPS) is 21.7. The number of hydrogen-bond donors (Lipinski definition) is 0. The van der Waals surface area contributed by atoms with E-state index in [0.717, 1.165) is 0 Å². The van der Waals surface area contributed by atoms with Gasteiger partial charge in [-0.15, -0.1) is 11.6 Å². The van der Waals surface area contributed by atoms with Crippen LogP contribution in [0.15, 0.2) is 24.3 Å². The molecule has 7 heteroatoms. The molecule has 2 rings (SSSR count). The van der Waals surface area contributed by atoms with Gasteiger partial charge in [0.25, 0.3) is 0 Å². The van der Waals surface area contributed by atoms with Crippen LogP contribution in [0.4, 0.5) is 4.39 Å². The minimum Gasteiger partial charge on any atom is -0.341 e. The summed E-state index contributed by atoms with van der Waals surface area (Å²) in [5, 5.41) is -0.916. The molecule has 128 valence electrons. The fourth-order valence-corrected chi connectivity index (χ4v) is 4.63. The van der Waals surface area contributed by atoms with E-state index in [1.165, 1.54) is 23.1 Å². The second-order valence-corrected chi connectivity index (χ2v) is 9.05. The molecule has 0 N–H and O–H groups in total. The van der Waals surface area contributed by atoms with Crippen LogP contribution in [0, 0.1) is 11.2 Å². The van der Waals surface area contributed by atoms with E-state index in [2.05, 4.69) is 0 Å². The summed E-state index contributed by atoms with van der Waals surface area (Å²) in [4.78, 5) is 14.0. The highest BCUT2D eigenvalue weighted by Crippen LogP contribution is 2.32. The first-order valence-electron chi connectivity index (χ1n) is 7.50. The van der Waals surface area contributed by atoms with Gasteiger partial charge in [-0.25, -0.2) is 12.8 Å². The average Bonchev–Trinajstić information content (AvgIpc) is 2.65. The highest BCUT2D eigenvalue weighted by Gasteiger charge is 2.37. The van der Waals surface area contributed by atoms with Gasteiger partial charge in [0.05, 0.1) is 16.4 Å². The van der Waals surface area contributed by atoms with Crippen molar-refractivity contribution in [3.63, 3.8) is 0 Å². The van der Waals surface area contributed by atoms with Crippen molar-refractivity contribution in [3.05, 3.63) is 35.6 Å². The number of nitrogens with zero attached hydrogens (tertiary/aromatic N) is 1. The number of halogens is 2. The zero-order valence-corrected chi connectivity index (χ0v) is 14.8. The number of benzene rings is 1. The molecule has 23 heavy (non-hydrogen) atoms. The smallest absolute Gasteiger partial charge is 0.229 e. The minimum absolute atomic E-state index is 0.117. The average molecular weight is 362 g/mol. The Morgan fingerprint density at radius 2 is 2.00 bits per heavy atom. The van der Waals surface area contributed by atoms with Crippen molar-refractivity contribution < 1.29 is 17.6 Å². The van der Waals surface area contributed by atoms with Gasteiger partial charge in [-0.3, -0.25) is 4.79 Å². The van der Waals surface area contributed by atoms with E-state index in [1.54, 1.807) is 19.9 Å². The molecule has 1 aromatic rings. The number of hydrogen-bond acceptors (Lipinski definition) is 3. The summed E-state index contributed by atoms with van der Waals surface area (Å²) in [6.45, 7) is 3.86. The van der Waals surface area contributed by atoms with Gasteiger partial charge in [-0.2, -0.15) is 0 Å². The Bertz CT molecular complexity index is 690. The van der Waals surface area contributed by atoms with Crippen LogP contribution in [0.25, 0.3) is 0 Å². The molecule has 1 aromatic carbocycles. The first-order valence-corrected chi connectivity index (χ1v) is 9.75. The largest absolute Gasteiger partial charge is 0.341 e. The molecule has 1 saturated heterocycles. The van der Waals surface area contributed by atoms with Crippen LogP contribution < -0.4 is 0 Å². The van der Waals surface area contributed by atoms with E-state index in [0.29, 0.717) is 0 Å². The molecular formula is C16H21ClFNO3S. The number of carbonyl (C=O) groups excluding carboxylic acids is 1. The van der Waals surface area contributed by atoms with Crippen molar-refractivity contribution in [1.82, 2.24) is 4.90 Å². The van der Waals surface area contributed by atoms with Crippen LogP contribution in [-0.2, 0) is 14.6 Å². The van der Waals surface area contributed by atoms with Gasteiger partial charge < -0.3 is 4.90 Å². The van der Waals surface area contributed by atoms with E-state index >= 15 is 0 Å². The van der Waals surface area contributed by atoms with E-state index in [4.69, 9.17) is 11.6 Å². The highest BCUT2D eigenvalue weighted by atomic mass is 35.5. The number of amides is 1. The van der Waals surface area contributed by atoms with Crippen molar-refractivity contribution in [3.8, 4) is 0 Å². The summed E-state index contributed by atoms with van der Waals surface area (Å²) in [5.74, 6) is -0.708. The molecule has 1 atom stereocenters. The molecule has 1 unspecified atom stereocenters. The van der Waals surface area contributed by atoms with Crippen molar-refractivity contribution in [2.45, 2.75) is 25.5 Å². The number of rotatable bonds is 3. The maximum atomic E-state index is 14.0.